The molecule has 3 aliphatic rings. The van der Waals surface area contributed by atoms with Crippen molar-refractivity contribution in [3.63, 3.8) is 0 Å². The Hall–Kier alpha value is -6.30. The fourth-order valence-corrected chi connectivity index (χ4v) is 9.40. The third-order valence-corrected chi connectivity index (χ3v) is 13.7. The molecule has 368 valence electrons. The molecule has 2 aromatic carbocycles. The van der Waals surface area contributed by atoms with Crippen molar-refractivity contribution in [1.29, 1.82) is 0 Å². The SMILES string of the molecule is CCC(CC(C)(C(=O)NCCCNC(=O)c1ccc(C(=O)c2ccccc2)cc1)C1C(=O)N(CCCCCC(=O)ON2C(=O)CCC2=O)C(=O)C1CC(C)(C)C(=O)N1CCC1N(C)CC)C(N)=O. The third-order valence-electron chi connectivity index (χ3n) is 13.7. The van der Waals surface area contributed by atoms with Crippen LogP contribution in [0, 0.1) is 28.6 Å². The highest BCUT2D eigenvalue weighted by Crippen LogP contribution is 2.49. The Kier molecular flexibility index (Phi) is 17.9. The van der Waals surface area contributed by atoms with Gasteiger partial charge in [0, 0.05) is 73.5 Å². The highest BCUT2D eigenvalue weighted by molar-refractivity contribution is 6.10. The quantitative estimate of drug-likeness (QED) is 0.0733. The van der Waals surface area contributed by atoms with Gasteiger partial charge in [0.15, 0.2) is 5.78 Å². The zero-order valence-corrected chi connectivity index (χ0v) is 40.2. The highest BCUT2D eigenvalue weighted by atomic mass is 16.7. The molecule has 3 aliphatic heterocycles. The van der Waals surface area contributed by atoms with Crippen LogP contribution < -0.4 is 16.4 Å². The Morgan fingerprint density at radius 2 is 1.43 bits per heavy atom. The molecule has 2 aromatic rings. The topological polar surface area (TPSA) is 243 Å². The van der Waals surface area contributed by atoms with Crippen molar-refractivity contribution >= 4 is 59.0 Å². The van der Waals surface area contributed by atoms with Crippen molar-refractivity contribution in [1.82, 2.24) is 30.4 Å². The third kappa shape index (κ3) is 12.2. The lowest BCUT2D eigenvalue weighted by molar-refractivity contribution is -0.197. The van der Waals surface area contributed by atoms with Crippen LogP contribution >= 0.6 is 0 Å². The fraction of sp³-hybridized carbons (Fsp3) is 0.560. The second-order valence-electron chi connectivity index (χ2n) is 19.0. The van der Waals surface area contributed by atoms with Crippen LogP contribution in [-0.2, 0) is 43.2 Å². The summed E-state index contributed by atoms with van der Waals surface area (Å²) in [6.45, 7) is 10.2. The van der Waals surface area contributed by atoms with Gasteiger partial charge in [-0.2, -0.15) is 0 Å². The first kappa shape index (κ1) is 52.7. The van der Waals surface area contributed by atoms with Crippen molar-refractivity contribution in [2.24, 2.45) is 34.3 Å². The number of hydrogen-bond donors (Lipinski definition) is 3. The van der Waals surface area contributed by atoms with Crippen LogP contribution in [0.1, 0.15) is 132 Å². The number of imide groups is 2. The number of rotatable bonds is 25. The summed E-state index contributed by atoms with van der Waals surface area (Å²) in [5.74, 6) is -8.41. The largest absolute Gasteiger partial charge is 0.369 e. The molecule has 0 saturated carbocycles. The lowest BCUT2D eigenvalue weighted by atomic mass is 9.63. The number of carbonyl (C=O) groups is 10. The van der Waals surface area contributed by atoms with E-state index < -0.39 is 70.0 Å². The summed E-state index contributed by atoms with van der Waals surface area (Å²) in [6, 6.07) is 15.1. The van der Waals surface area contributed by atoms with Crippen LogP contribution in [0.5, 0.6) is 0 Å². The Bertz CT molecular complexity index is 2220. The van der Waals surface area contributed by atoms with Crippen LogP contribution in [-0.4, -0.2) is 125 Å². The number of primary amides is 1. The maximum atomic E-state index is 14.8. The standard InChI is InChI=1S/C50H67N7O11/c1-7-32(43(51)62)30-50(5,47(66)53-27-15-26-52-44(63)35-21-19-34(20-22-35)42(61)33-16-11-9-12-17-33)41-36(31-49(3,4)48(67)55-29-25-37(55)54(6)8-2)45(64)56(46(41)65)28-14-10-13-18-40(60)68-57-38(58)23-24-39(57)59/h9,11-12,16-17,19-22,32,36-37,41H,7-8,10,13-15,18,23-31H2,1-6H3,(H2,51,62)(H,52,63)(H,53,66). The minimum atomic E-state index is -1.67. The van der Waals surface area contributed by atoms with Gasteiger partial charge >= 0.3 is 5.97 Å². The number of nitrogens with two attached hydrogens (primary N) is 1. The molecule has 5 rings (SSSR count). The number of likely N-dealkylation sites (tertiary alicyclic amines) is 2. The number of nitrogens with zero attached hydrogens (tertiary/aromatic N) is 4. The molecule has 3 saturated heterocycles. The maximum absolute atomic E-state index is 14.8. The predicted molar refractivity (Wildman–Crippen MR) is 248 cm³/mol. The molecular formula is C50H67N7O11. The molecule has 0 spiro atoms. The molecule has 0 bridgehead atoms. The van der Waals surface area contributed by atoms with E-state index >= 15 is 0 Å². The van der Waals surface area contributed by atoms with E-state index in [1.807, 2.05) is 20.0 Å². The van der Waals surface area contributed by atoms with E-state index in [1.54, 1.807) is 81.1 Å². The predicted octanol–water partition coefficient (Wildman–Crippen LogP) is 3.76. The summed E-state index contributed by atoms with van der Waals surface area (Å²) < 4.78 is 0. The smallest absolute Gasteiger partial charge is 0.333 e. The molecule has 0 aromatic heterocycles. The van der Waals surface area contributed by atoms with Crippen LogP contribution in [0.2, 0.25) is 0 Å². The molecule has 5 atom stereocenters. The first-order valence-corrected chi connectivity index (χ1v) is 23.7. The summed E-state index contributed by atoms with van der Waals surface area (Å²) >= 11 is 0. The van der Waals surface area contributed by atoms with Gasteiger partial charge in [-0.05, 0) is 77.6 Å². The van der Waals surface area contributed by atoms with E-state index in [9.17, 15) is 47.9 Å². The van der Waals surface area contributed by atoms with E-state index in [4.69, 9.17) is 10.6 Å². The Balaban J connectivity index is 1.30. The van der Waals surface area contributed by atoms with Gasteiger partial charge in [-0.25, -0.2) is 4.79 Å². The van der Waals surface area contributed by atoms with Gasteiger partial charge in [0.05, 0.1) is 23.4 Å². The number of benzene rings is 2. The number of amides is 8. The molecule has 0 radical (unpaired) electrons. The minimum absolute atomic E-state index is 0.0348. The Labute approximate surface area is 398 Å². The number of nitrogens with one attached hydrogen (secondary N) is 2. The summed E-state index contributed by atoms with van der Waals surface area (Å²) in [4.78, 5) is 143. The van der Waals surface area contributed by atoms with E-state index in [2.05, 4.69) is 15.5 Å². The number of hydroxylamine groups is 2. The zero-order chi connectivity index (χ0) is 49.9. The van der Waals surface area contributed by atoms with Crippen LogP contribution in [0.3, 0.4) is 0 Å². The lowest BCUT2D eigenvalue weighted by Gasteiger charge is -2.49. The molecular weight excluding hydrogens is 875 g/mol. The molecule has 68 heavy (non-hydrogen) atoms. The zero-order valence-electron chi connectivity index (χ0n) is 40.2. The molecule has 3 heterocycles. The average molecular weight is 942 g/mol. The summed E-state index contributed by atoms with van der Waals surface area (Å²) in [6.07, 6.45) is 1.68. The average Bonchev–Trinajstić information content (AvgIpc) is 3.74. The van der Waals surface area contributed by atoms with Crippen LogP contribution in [0.15, 0.2) is 54.6 Å². The molecule has 18 heteroatoms. The highest BCUT2D eigenvalue weighted by Gasteiger charge is 2.60. The summed E-state index contributed by atoms with van der Waals surface area (Å²) in [5.41, 5.74) is 4.32. The summed E-state index contributed by atoms with van der Waals surface area (Å²) in [5, 5.41) is 6.20. The van der Waals surface area contributed by atoms with E-state index in [0.29, 0.717) is 41.3 Å². The second kappa shape index (κ2) is 23.1. The van der Waals surface area contributed by atoms with Gasteiger partial charge in [-0.1, -0.05) is 76.6 Å². The number of carbonyl (C=O) groups excluding carboxylic acids is 10. The lowest BCUT2D eigenvalue weighted by Crippen LogP contribution is -2.61. The number of hydrogen-bond acceptors (Lipinski definition) is 12. The van der Waals surface area contributed by atoms with E-state index in [-0.39, 0.29) is 101 Å². The monoisotopic (exact) mass is 941 g/mol. The molecule has 5 unspecified atom stereocenters. The molecule has 8 amide bonds. The van der Waals surface area contributed by atoms with Crippen molar-refractivity contribution in [3.8, 4) is 0 Å². The number of unbranched alkanes of at least 4 members (excludes halogenated alkanes) is 2. The summed E-state index contributed by atoms with van der Waals surface area (Å²) in [7, 11) is 1.93. The van der Waals surface area contributed by atoms with Gasteiger partial charge in [0.2, 0.25) is 29.5 Å². The first-order chi connectivity index (χ1) is 32.2. The fourth-order valence-electron chi connectivity index (χ4n) is 9.40. The van der Waals surface area contributed by atoms with Crippen molar-refractivity contribution in [3.05, 3.63) is 71.3 Å². The van der Waals surface area contributed by atoms with Gasteiger partial charge in [0.25, 0.3) is 17.7 Å². The van der Waals surface area contributed by atoms with Gasteiger partial charge < -0.3 is 26.1 Å². The van der Waals surface area contributed by atoms with Crippen LogP contribution in [0.4, 0.5) is 0 Å². The van der Waals surface area contributed by atoms with Gasteiger partial charge in [-0.15, -0.1) is 5.06 Å². The number of ketones is 1. The first-order valence-electron chi connectivity index (χ1n) is 23.7. The van der Waals surface area contributed by atoms with Crippen LogP contribution in [0.25, 0.3) is 0 Å². The normalized spacial score (nSPS) is 19.7. The molecule has 18 nitrogen and oxygen atoms in total. The van der Waals surface area contributed by atoms with E-state index in [0.717, 1.165) is 11.3 Å². The Morgan fingerprint density at radius 3 is 2.01 bits per heavy atom. The minimum Gasteiger partial charge on any atom is -0.369 e. The van der Waals surface area contributed by atoms with Crippen molar-refractivity contribution in [2.75, 3.05) is 39.8 Å². The van der Waals surface area contributed by atoms with Gasteiger partial charge in [0.1, 0.15) is 0 Å². The Morgan fingerprint density at radius 1 is 0.809 bits per heavy atom. The maximum Gasteiger partial charge on any atom is 0.333 e. The second-order valence-corrected chi connectivity index (χ2v) is 19.0. The van der Waals surface area contributed by atoms with E-state index in [1.165, 1.54) is 0 Å². The van der Waals surface area contributed by atoms with Gasteiger partial charge in [-0.3, -0.25) is 53.0 Å². The molecule has 0 aliphatic carbocycles. The van der Waals surface area contributed by atoms with Crippen molar-refractivity contribution in [2.45, 2.75) is 111 Å². The molecule has 4 N–H and O–H groups in total. The molecule has 3 fully saturated rings. The van der Waals surface area contributed by atoms with Crippen molar-refractivity contribution < 1.29 is 52.8 Å².